The van der Waals surface area contributed by atoms with Crippen LogP contribution in [0.3, 0.4) is 0 Å². The van der Waals surface area contributed by atoms with Crippen LogP contribution in [0.1, 0.15) is 38.3 Å². The molecule has 4 heteroatoms. The van der Waals surface area contributed by atoms with Crippen LogP contribution in [-0.2, 0) is 11.3 Å². The molecule has 2 fully saturated rings. The summed E-state index contributed by atoms with van der Waals surface area (Å²) >= 11 is 0. The van der Waals surface area contributed by atoms with E-state index in [9.17, 15) is 0 Å². The van der Waals surface area contributed by atoms with Crippen LogP contribution >= 0.6 is 0 Å². The second kappa shape index (κ2) is 6.55. The molecule has 0 aromatic carbocycles. The Morgan fingerprint density at radius 2 is 2.10 bits per heavy atom. The monoisotopic (exact) mass is 275 g/mol. The van der Waals surface area contributed by atoms with Gasteiger partial charge in [0.25, 0.3) is 0 Å². The highest BCUT2D eigenvalue weighted by Crippen LogP contribution is 2.23. The van der Waals surface area contributed by atoms with E-state index < -0.39 is 0 Å². The molecule has 0 spiro atoms. The number of pyridine rings is 1. The Labute approximate surface area is 121 Å². The van der Waals surface area contributed by atoms with Crippen molar-refractivity contribution in [1.82, 2.24) is 10.3 Å². The molecule has 1 saturated carbocycles. The summed E-state index contributed by atoms with van der Waals surface area (Å²) in [7, 11) is 0. The Morgan fingerprint density at radius 3 is 2.80 bits per heavy atom. The zero-order valence-electron chi connectivity index (χ0n) is 12.3. The molecule has 0 amide bonds. The van der Waals surface area contributed by atoms with Crippen LogP contribution in [0.5, 0.6) is 0 Å². The number of hydrogen-bond donors (Lipinski definition) is 1. The molecular formula is C16H25N3O. The molecule has 1 aromatic heterocycles. The van der Waals surface area contributed by atoms with Gasteiger partial charge in [-0.3, -0.25) is 4.98 Å². The fourth-order valence-electron chi connectivity index (χ4n) is 2.81. The highest BCUT2D eigenvalue weighted by molar-refractivity contribution is 5.47. The van der Waals surface area contributed by atoms with E-state index in [2.05, 4.69) is 34.3 Å². The molecule has 3 rings (SSSR count). The van der Waals surface area contributed by atoms with Crippen molar-refractivity contribution in [3.05, 3.63) is 24.0 Å². The normalized spacial score (nSPS) is 20.4. The number of rotatable bonds is 6. The highest BCUT2D eigenvalue weighted by atomic mass is 16.5. The second-order valence-electron chi connectivity index (χ2n) is 5.80. The maximum absolute atomic E-state index is 5.71. The average Bonchev–Trinajstić information content (AvgIpc) is 3.31. The van der Waals surface area contributed by atoms with Crippen LogP contribution in [0.15, 0.2) is 18.3 Å². The van der Waals surface area contributed by atoms with Gasteiger partial charge >= 0.3 is 0 Å². The van der Waals surface area contributed by atoms with Crippen molar-refractivity contribution in [1.29, 1.82) is 0 Å². The highest BCUT2D eigenvalue weighted by Gasteiger charge is 2.21. The molecule has 1 aliphatic carbocycles. The average molecular weight is 275 g/mol. The number of nitrogens with zero attached hydrogens (tertiary/aromatic N) is 2. The summed E-state index contributed by atoms with van der Waals surface area (Å²) in [6, 6.07) is 5.10. The van der Waals surface area contributed by atoms with Gasteiger partial charge in [0.15, 0.2) is 0 Å². The fraction of sp³-hybridized carbons (Fsp3) is 0.688. The molecule has 1 N–H and O–H groups in total. The Hall–Kier alpha value is -1.13. The molecule has 1 aliphatic heterocycles. The van der Waals surface area contributed by atoms with Crippen molar-refractivity contribution in [2.24, 2.45) is 0 Å². The molecule has 0 bridgehead atoms. The predicted molar refractivity (Wildman–Crippen MR) is 81.0 cm³/mol. The predicted octanol–water partition coefficient (Wildman–Crippen LogP) is 2.34. The molecular weight excluding hydrogens is 250 g/mol. The summed E-state index contributed by atoms with van der Waals surface area (Å²) < 4.78 is 5.71. The zero-order valence-corrected chi connectivity index (χ0v) is 12.3. The van der Waals surface area contributed by atoms with E-state index in [1.165, 1.54) is 18.5 Å². The van der Waals surface area contributed by atoms with Gasteiger partial charge in [0, 0.05) is 44.2 Å². The maximum Gasteiger partial charge on any atom is 0.0608 e. The van der Waals surface area contributed by atoms with Gasteiger partial charge in [-0.05, 0) is 44.7 Å². The summed E-state index contributed by atoms with van der Waals surface area (Å²) in [6.45, 7) is 5.98. The molecule has 2 aliphatic rings. The molecule has 2 heterocycles. The van der Waals surface area contributed by atoms with Gasteiger partial charge < -0.3 is 15.0 Å². The molecule has 0 unspecified atom stereocenters. The molecule has 1 saturated heterocycles. The van der Waals surface area contributed by atoms with E-state index in [1.807, 2.05) is 6.20 Å². The zero-order chi connectivity index (χ0) is 13.8. The van der Waals surface area contributed by atoms with E-state index in [-0.39, 0.29) is 0 Å². The van der Waals surface area contributed by atoms with Gasteiger partial charge in [-0.1, -0.05) is 0 Å². The Kier molecular flexibility index (Phi) is 4.53. The lowest BCUT2D eigenvalue weighted by molar-refractivity contribution is 0.0459. The molecule has 0 radical (unpaired) electrons. The third-order valence-corrected chi connectivity index (χ3v) is 4.16. The lowest BCUT2D eigenvalue weighted by atomic mass is 10.1. The summed E-state index contributed by atoms with van der Waals surface area (Å²) in [5.74, 6) is 0. The first-order chi connectivity index (χ1) is 9.85. The van der Waals surface area contributed by atoms with Gasteiger partial charge in [0.05, 0.1) is 11.8 Å². The third-order valence-electron chi connectivity index (χ3n) is 4.16. The lowest BCUT2D eigenvalue weighted by Gasteiger charge is -2.33. The number of anilines is 1. The van der Waals surface area contributed by atoms with Crippen molar-refractivity contribution in [3.8, 4) is 0 Å². The molecule has 1 aromatic rings. The minimum Gasteiger partial charge on any atom is -0.378 e. The van der Waals surface area contributed by atoms with Crippen molar-refractivity contribution >= 4 is 5.69 Å². The van der Waals surface area contributed by atoms with Gasteiger partial charge in [0.1, 0.15) is 0 Å². The molecule has 110 valence electrons. The van der Waals surface area contributed by atoms with Crippen LogP contribution in [-0.4, -0.2) is 36.8 Å². The Balaban J connectivity index is 1.55. The van der Waals surface area contributed by atoms with Gasteiger partial charge in [-0.15, -0.1) is 0 Å². The van der Waals surface area contributed by atoms with Crippen LogP contribution in [0, 0.1) is 0 Å². The van der Waals surface area contributed by atoms with Crippen molar-refractivity contribution in [2.45, 2.75) is 51.3 Å². The minimum absolute atomic E-state index is 0.453. The number of aromatic nitrogens is 1. The quantitative estimate of drug-likeness (QED) is 0.864. The van der Waals surface area contributed by atoms with Crippen LogP contribution in [0.2, 0.25) is 0 Å². The fourth-order valence-corrected chi connectivity index (χ4v) is 2.81. The van der Waals surface area contributed by atoms with Crippen LogP contribution < -0.4 is 10.2 Å². The number of ether oxygens (including phenoxy) is 1. The summed E-state index contributed by atoms with van der Waals surface area (Å²) in [5, 5.41) is 3.53. The molecule has 20 heavy (non-hydrogen) atoms. The first kappa shape index (κ1) is 13.8. The maximum atomic E-state index is 5.71. The Morgan fingerprint density at radius 1 is 1.30 bits per heavy atom. The first-order valence-electron chi connectivity index (χ1n) is 7.90. The van der Waals surface area contributed by atoms with Gasteiger partial charge in [0.2, 0.25) is 0 Å². The van der Waals surface area contributed by atoms with Crippen molar-refractivity contribution in [2.75, 3.05) is 24.6 Å². The van der Waals surface area contributed by atoms with Gasteiger partial charge in [-0.2, -0.15) is 0 Å². The van der Waals surface area contributed by atoms with Crippen LogP contribution in [0.25, 0.3) is 0 Å². The number of hydrogen-bond acceptors (Lipinski definition) is 4. The largest absolute Gasteiger partial charge is 0.378 e. The summed E-state index contributed by atoms with van der Waals surface area (Å²) in [4.78, 5) is 6.92. The standard InChI is InChI=1S/C16H25N3O/c1-2-20-16-6-9-19(10-7-16)15-5-8-17-14(11-15)12-18-13-3-4-13/h5,8,11,13,16,18H,2-4,6-7,9-10,12H2,1H3. The topological polar surface area (TPSA) is 37.4 Å². The van der Waals surface area contributed by atoms with Crippen molar-refractivity contribution < 1.29 is 4.74 Å². The smallest absolute Gasteiger partial charge is 0.0608 e. The van der Waals surface area contributed by atoms with E-state index in [0.717, 1.165) is 50.8 Å². The van der Waals surface area contributed by atoms with Gasteiger partial charge in [-0.25, -0.2) is 0 Å². The van der Waals surface area contributed by atoms with E-state index in [1.54, 1.807) is 0 Å². The van der Waals surface area contributed by atoms with E-state index >= 15 is 0 Å². The molecule has 0 atom stereocenters. The Bertz CT molecular complexity index is 425. The summed E-state index contributed by atoms with van der Waals surface area (Å²) in [6.07, 6.45) is 7.30. The minimum atomic E-state index is 0.453. The van der Waals surface area contributed by atoms with E-state index in [0.29, 0.717) is 6.10 Å². The third kappa shape index (κ3) is 3.70. The lowest BCUT2D eigenvalue weighted by Crippen LogP contribution is -2.37. The van der Waals surface area contributed by atoms with Crippen LogP contribution in [0.4, 0.5) is 5.69 Å². The second-order valence-corrected chi connectivity index (χ2v) is 5.80. The summed E-state index contributed by atoms with van der Waals surface area (Å²) in [5.41, 5.74) is 2.46. The van der Waals surface area contributed by atoms with Crippen molar-refractivity contribution in [3.63, 3.8) is 0 Å². The number of nitrogens with one attached hydrogen (secondary N) is 1. The first-order valence-corrected chi connectivity index (χ1v) is 7.90. The SMILES string of the molecule is CCOC1CCN(c2ccnc(CNC3CC3)c2)CC1. The number of piperidine rings is 1. The molecule has 4 nitrogen and oxygen atoms in total. The van der Waals surface area contributed by atoms with E-state index in [4.69, 9.17) is 4.74 Å².